The average molecular weight is 423 g/mol. The molecule has 8 nitrogen and oxygen atoms in total. The first-order chi connectivity index (χ1) is 13.9. The van der Waals surface area contributed by atoms with E-state index in [0.29, 0.717) is 25.7 Å². The Balaban J connectivity index is 2.08. The summed E-state index contributed by atoms with van der Waals surface area (Å²) in [6.45, 7) is 7.45. The van der Waals surface area contributed by atoms with Gasteiger partial charge in [0.25, 0.3) is 0 Å². The van der Waals surface area contributed by atoms with Crippen molar-refractivity contribution in [3.63, 3.8) is 0 Å². The molecular weight excluding hydrogens is 392 g/mol. The van der Waals surface area contributed by atoms with Gasteiger partial charge in [-0.3, -0.25) is 0 Å². The molecule has 1 aromatic carbocycles. The maximum Gasteiger partial charge on any atom is 0.240 e. The standard InChI is InChI=1S/C20H30N4O4S/c1-5-21-20(24-16(3)19-10-9-15(2)28-19)22-14-17-7-6-8-18(13-17)29(25,26)23-11-12-27-4/h6-10,13,16,23H,5,11-12,14H2,1-4H3,(H2,21,22,24). The van der Waals surface area contributed by atoms with Crippen molar-refractivity contribution < 1.29 is 17.6 Å². The van der Waals surface area contributed by atoms with Crippen molar-refractivity contribution >= 4 is 16.0 Å². The van der Waals surface area contributed by atoms with Gasteiger partial charge in [-0.2, -0.15) is 0 Å². The quantitative estimate of drug-likeness (QED) is 0.308. The van der Waals surface area contributed by atoms with Crippen LogP contribution in [0.5, 0.6) is 0 Å². The van der Waals surface area contributed by atoms with Gasteiger partial charge in [-0.15, -0.1) is 0 Å². The number of methoxy groups -OCH3 is 1. The number of nitrogens with zero attached hydrogens (tertiary/aromatic N) is 1. The summed E-state index contributed by atoms with van der Waals surface area (Å²) in [5.74, 6) is 2.30. The molecule has 0 bridgehead atoms. The van der Waals surface area contributed by atoms with Crippen molar-refractivity contribution in [3.8, 4) is 0 Å². The minimum Gasteiger partial charge on any atom is -0.464 e. The second-order valence-electron chi connectivity index (χ2n) is 6.55. The molecule has 0 spiro atoms. The Labute approximate surface area is 172 Å². The summed E-state index contributed by atoms with van der Waals surface area (Å²) < 4.78 is 37.8. The first-order valence-corrected chi connectivity index (χ1v) is 11.0. The van der Waals surface area contributed by atoms with Crippen LogP contribution in [-0.4, -0.2) is 41.2 Å². The number of aliphatic imine (C=N–C) groups is 1. The number of hydrogen-bond donors (Lipinski definition) is 3. The summed E-state index contributed by atoms with van der Waals surface area (Å²) in [6.07, 6.45) is 0. The second kappa shape index (κ2) is 11.0. The lowest BCUT2D eigenvalue weighted by Crippen LogP contribution is -2.38. The van der Waals surface area contributed by atoms with Gasteiger partial charge in [0.2, 0.25) is 10.0 Å². The largest absolute Gasteiger partial charge is 0.464 e. The van der Waals surface area contributed by atoms with E-state index >= 15 is 0 Å². The molecule has 1 atom stereocenters. The zero-order chi connectivity index (χ0) is 21.3. The maximum absolute atomic E-state index is 12.4. The number of aryl methyl sites for hydroxylation is 1. The Bertz CT molecular complexity index is 909. The van der Waals surface area contributed by atoms with Crippen molar-refractivity contribution in [2.75, 3.05) is 26.8 Å². The normalized spacial score (nSPS) is 13.3. The van der Waals surface area contributed by atoms with Crippen LogP contribution in [0.15, 0.2) is 50.7 Å². The zero-order valence-electron chi connectivity index (χ0n) is 17.4. The van der Waals surface area contributed by atoms with Crippen LogP contribution < -0.4 is 15.4 Å². The number of guanidine groups is 1. The summed E-state index contributed by atoms with van der Waals surface area (Å²) in [4.78, 5) is 4.78. The van der Waals surface area contributed by atoms with Crippen molar-refractivity contribution in [1.29, 1.82) is 0 Å². The van der Waals surface area contributed by atoms with Gasteiger partial charge in [-0.25, -0.2) is 18.1 Å². The van der Waals surface area contributed by atoms with Crippen LogP contribution in [0.3, 0.4) is 0 Å². The highest BCUT2D eigenvalue weighted by Crippen LogP contribution is 2.16. The monoisotopic (exact) mass is 422 g/mol. The van der Waals surface area contributed by atoms with E-state index in [1.165, 1.54) is 7.11 Å². The number of furan rings is 1. The lowest BCUT2D eigenvalue weighted by Gasteiger charge is -2.16. The van der Waals surface area contributed by atoms with Gasteiger partial charge in [0.1, 0.15) is 11.5 Å². The van der Waals surface area contributed by atoms with Crippen LogP contribution >= 0.6 is 0 Å². The third-order valence-corrected chi connectivity index (χ3v) is 5.57. The summed E-state index contributed by atoms with van der Waals surface area (Å²) in [6, 6.07) is 10.5. The van der Waals surface area contributed by atoms with E-state index in [2.05, 4.69) is 20.3 Å². The average Bonchev–Trinajstić information content (AvgIpc) is 3.13. The summed E-state index contributed by atoms with van der Waals surface area (Å²) >= 11 is 0. The van der Waals surface area contributed by atoms with E-state index < -0.39 is 10.0 Å². The van der Waals surface area contributed by atoms with E-state index in [9.17, 15) is 8.42 Å². The highest BCUT2D eigenvalue weighted by molar-refractivity contribution is 7.89. The molecule has 3 N–H and O–H groups in total. The second-order valence-corrected chi connectivity index (χ2v) is 8.31. The summed E-state index contributed by atoms with van der Waals surface area (Å²) in [5.41, 5.74) is 0.790. The van der Waals surface area contributed by atoms with E-state index in [4.69, 9.17) is 9.15 Å². The first-order valence-electron chi connectivity index (χ1n) is 9.54. The van der Waals surface area contributed by atoms with Gasteiger partial charge in [0.15, 0.2) is 5.96 Å². The Kier molecular flexibility index (Phi) is 8.69. The highest BCUT2D eigenvalue weighted by atomic mass is 32.2. The number of sulfonamides is 1. The number of nitrogens with one attached hydrogen (secondary N) is 3. The maximum atomic E-state index is 12.4. The molecule has 0 aliphatic heterocycles. The molecule has 0 saturated heterocycles. The smallest absolute Gasteiger partial charge is 0.240 e. The fraction of sp³-hybridized carbons (Fsp3) is 0.450. The summed E-state index contributed by atoms with van der Waals surface area (Å²) in [7, 11) is -2.05. The van der Waals surface area contributed by atoms with Gasteiger partial charge >= 0.3 is 0 Å². The SMILES string of the molecule is CCNC(=NCc1cccc(S(=O)(=O)NCCOC)c1)NC(C)c1ccc(C)o1. The van der Waals surface area contributed by atoms with Gasteiger partial charge in [0, 0.05) is 20.2 Å². The molecule has 0 aliphatic rings. The molecule has 2 aromatic rings. The molecule has 0 amide bonds. The molecule has 1 unspecified atom stereocenters. The molecule has 1 heterocycles. The predicted octanol–water partition coefficient (Wildman–Crippen LogP) is 2.33. The van der Waals surface area contributed by atoms with Crippen molar-refractivity contribution in [1.82, 2.24) is 15.4 Å². The van der Waals surface area contributed by atoms with E-state index in [0.717, 1.165) is 17.1 Å². The third-order valence-electron chi connectivity index (χ3n) is 4.11. The molecule has 2 rings (SSSR count). The van der Waals surface area contributed by atoms with E-state index in [1.807, 2.05) is 39.0 Å². The minimum atomic E-state index is -3.58. The molecule has 1 aromatic heterocycles. The van der Waals surface area contributed by atoms with Crippen LogP contribution in [0.2, 0.25) is 0 Å². The van der Waals surface area contributed by atoms with Crippen molar-refractivity contribution in [2.45, 2.75) is 38.3 Å². The lowest BCUT2D eigenvalue weighted by molar-refractivity contribution is 0.204. The lowest BCUT2D eigenvalue weighted by atomic mass is 10.2. The Morgan fingerprint density at radius 1 is 1.28 bits per heavy atom. The molecular formula is C20H30N4O4S. The molecule has 0 fully saturated rings. The summed E-state index contributed by atoms with van der Waals surface area (Å²) in [5, 5.41) is 6.49. The Morgan fingerprint density at radius 2 is 2.07 bits per heavy atom. The van der Waals surface area contributed by atoms with Crippen molar-refractivity contribution in [2.24, 2.45) is 4.99 Å². The van der Waals surface area contributed by atoms with Gasteiger partial charge in [0.05, 0.1) is 24.1 Å². The Hall–Kier alpha value is -2.36. The van der Waals surface area contributed by atoms with Crippen LogP contribution in [0.4, 0.5) is 0 Å². The molecule has 0 saturated carbocycles. The molecule has 160 valence electrons. The number of hydrogen-bond acceptors (Lipinski definition) is 5. The molecule has 0 radical (unpaired) electrons. The molecule has 9 heteroatoms. The molecule has 0 aliphatic carbocycles. The fourth-order valence-corrected chi connectivity index (χ4v) is 3.71. The van der Waals surface area contributed by atoms with Crippen LogP contribution in [0.25, 0.3) is 0 Å². The van der Waals surface area contributed by atoms with Gasteiger partial charge < -0.3 is 19.8 Å². The zero-order valence-corrected chi connectivity index (χ0v) is 18.2. The number of rotatable bonds is 10. The highest BCUT2D eigenvalue weighted by Gasteiger charge is 2.14. The number of ether oxygens (including phenoxy) is 1. The van der Waals surface area contributed by atoms with E-state index in [1.54, 1.807) is 18.2 Å². The minimum absolute atomic E-state index is 0.0572. The van der Waals surface area contributed by atoms with Crippen molar-refractivity contribution in [3.05, 3.63) is 53.5 Å². The van der Waals surface area contributed by atoms with E-state index in [-0.39, 0.29) is 17.5 Å². The predicted molar refractivity (Wildman–Crippen MR) is 113 cm³/mol. The van der Waals surface area contributed by atoms with Crippen LogP contribution in [0.1, 0.15) is 37.0 Å². The Morgan fingerprint density at radius 3 is 2.72 bits per heavy atom. The molecule has 29 heavy (non-hydrogen) atoms. The topological polar surface area (TPSA) is 105 Å². The van der Waals surface area contributed by atoms with Crippen LogP contribution in [-0.2, 0) is 21.3 Å². The fourth-order valence-electron chi connectivity index (χ4n) is 2.63. The number of benzene rings is 1. The van der Waals surface area contributed by atoms with Gasteiger partial charge in [-0.05, 0) is 50.6 Å². The van der Waals surface area contributed by atoms with Gasteiger partial charge in [-0.1, -0.05) is 12.1 Å². The first kappa shape index (κ1) is 22.9. The third kappa shape index (κ3) is 7.19. The van der Waals surface area contributed by atoms with Crippen LogP contribution in [0, 0.1) is 6.92 Å².